The summed E-state index contributed by atoms with van der Waals surface area (Å²) in [5, 5.41) is 3.35. The van der Waals surface area contributed by atoms with E-state index >= 15 is 0 Å². The Bertz CT molecular complexity index is 589. The number of aromatic nitrogens is 2. The Morgan fingerprint density at radius 1 is 1.30 bits per heavy atom. The van der Waals surface area contributed by atoms with Gasteiger partial charge in [-0.1, -0.05) is 22.0 Å². The van der Waals surface area contributed by atoms with E-state index in [0.29, 0.717) is 5.88 Å². The minimum atomic E-state index is 0.201. The molecule has 2 rings (SSSR count). The average molecular weight is 336 g/mol. The predicted octanol–water partition coefficient (Wildman–Crippen LogP) is 3.06. The van der Waals surface area contributed by atoms with Gasteiger partial charge in [0.25, 0.3) is 0 Å². The lowest BCUT2D eigenvalue weighted by molar-refractivity contribution is 0.395. The quantitative estimate of drug-likeness (QED) is 0.912. The summed E-state index contributed by atoms with van der Waals surface area (Å²) >= 11 is 3.53. The van der Waals surface area contributed by atoms with Crippen LogP contribution in [0.15, 0.2) is 35.1 Å². The van der Waals surface area contributed by atoms with E-state index in [1.165, 1.54) is 17.5 Å². The fraction of sp³-hybridized carbons (Fsp3) is 0.333. The molecule has 20 heavy (non-hydrogen) atoms. The van der Waals surface area contributed by atoms with Crippen LogP contribution < -0.4 is 10.1 Å². The highest BCUT2D eigenvalue weighted by atomic mass is 79.9. The average Bonchev–Trinajstić information content (AvgIpc) is 2.47. The van der Waals surface area contributed by atoms with Crippen LogP contribution in [0.2, 0.25) is 0 Å². The minimum absolute atomic E-state index is 0.201. The van der Waals surface area contributed by atoms with Gasteiger partial charge in [-0.25, -0.2) is 9.97 Å². The van der Waals surface area contributed by atoms with Gasteiger partial charge in [-0.15, -0.1) is 0 Å². The Morgan fingerprint density at radius 2 is 2.10 bits per heavy atom. The standard InChI is InChI=1S/C15H18BrN3O/c1-10-4-5-11(16)6-13(10)14(17-2)7-12-8-15(20-3)19-9-18-12/h4-6,8-9,14,17H,7H2,1-3H3. The summed E-state index contributed by atoms with van der Waals surface area (Å²) in [6, 6.07) is 8.39. The summed E-state index contributed by atoms with van der Waals surface area (Å²) in [6.07, 6.45) is 2.32. The van der Waals surface area contributed by atoms with Crippen molar-refractivity contribution in [3.05, 3.63) is 51.9 Å². The van der Waals surface area contributed by atoms with E-state index in [4.69, 9.17) is 4.74 Å². The molecule has 1 atom stereocenters. The number of rotatable bonds is 5. The van der Waals surface area contributed by atoms with Crippen molar-refractivity contribution >= 4 is 15.9 Å². The normalized spacial score (nSPS) is 12.2. The molecule has 4 nitrogen and oxygen atoms in total. The van der Waals surface area contributed by atoms with Crippen molar-refractivity contribution in [2.24, 2.45) is 0 Å². The maximum Gasteiger partial charge on any atom is 0.216 e. The lowest BCUT2D eigenvalue weighted by Crippen LogP contribution is -2.20. The van der Waals surface area contributed by atoms with E-state index in [9.17, 15) is 0 Å². The molecule has 0 amide bonds. The molecule has 0 spiro atoms. The molecule has 0 aliphatic heterocycles. The fourth-order valence-corrected chi connectivity index (χ4v) is 2.54. The van der Waals surface area contributed by atoms with Gasteiger partial charge in [0.2, 0.25) is 5.88 Å². The molecule has 1 N–H and O–H groups in total. The fourth-order valence-electron chi connectivity index (χ4n) is 2.16. The minimum Gasteiger partial charge on any atom is -0.481 e. The maximum atomic E-state index is 5.14. The Morgan fingerprint density at radius 3 is 2.80 bits per heavy atom. The van der Waals surface area contributed by atoms with Crippen LogP contribution >= 0.6 is 15.9 Å². The number of nitrogens with one attached hydrogen (secondary N) is 1. The maximum absolute atomic E-state index is 5.14. The molecule has 0 saturated heterocycles. The first-order valence-electron chi connectivity index (χ1n) is 6.42. The molecule has 0 fully saturated rings. The zero-order chi connectivity index (χ0) is 14.5. The summed E-state index contributed by atoms with van der Waals surface area (Å²) in [7, 11) is 3.57. The summed E-state index contributed by atoms with van der Waals surface area (Å²) in [5.74, 6) is 0.593. The monoisotopic (exact) mass is 335 g/mol. The van der Waals surface area contributed by atoms with Crippen molar-refractivity contribution in [3.63, 3.8) is 0 Å². The van der Waals surface area contributed by atoms with Crippen LogP contribution in [-0.4, -0.2) is 24.1 Å². The number of hydrogen-bond donors (Lipinski definition) is 1. The van der Waals surface area contributed by atoms with E-state index in [1.54, 1.807) is 7.11 Å². The van der Waals surface area contributed by atoms with E-state index in [2.05, 4.69) is 56.3 Å². The Labute approximate surface area is 127 Å². The van der Waals surface area contributed by atoms with Gasteiger partial charge in [0.15, 0.2) is 0 Å². The van der Waals surface area contributed by atoms with Gasteiger partial charge < -0.3 is 10.1 Å². The summed E-state index contributed by atoms with van der Waals surface area (Å²) < 4.78 is 6.22. The van der Waals surface area contributed by atoms with Gasteiger partial charge in [-0.3, -0.25) is 0 Å². The highest BCUT2D eigenvalue weighted by Crippen LogP contribution is 2.25. The number of benzene rings is 1. The van der Waals surface area contributed by atoms with Crippen LogP contribution in [0.3, 0.4) is 0 Å². The van der Waals surface area contributed by atoms with Crippen LogP contribution in [0.4, 0.5) is 0 Å². The highest BCUT2D eigenvalue weighted by Gasteiger charge is 2.14. The van der Waals surface area contributed by atoms with Crippen molar-refractivity contribution in [1.29, 1.82) is 0 Å². The summed E-state index contributed by atoms with van der Waals surface area (Å²) in [6.45, 7) is 2.12. The molecule has 1 aromatic heterocycles. The van der Waals surface area contributed by atoms with Crippen molar-refractivity contribution < 1.29 is 4.74 Å². The molecule has 0 aliphatic rings. The van der Waals surface area contributed by atoms with E-state index in [0.717, 1.165) is 16.6 Å². The first kappa shape index (κ1) is 14.9. The Hall–Kier alpha value is -1.46. The predicted molar refractivity (Wildman–Crippen MR) is 83.0 cm³/mol. The Balaban J connectivity index is 2.26. The van der Waals surface area contributed by atoms with Crippen molar-refractivity contribution in [2.75, 3.05) is 14.2 Å². The van der Waals surface area contributed by atoms with E-state index in [1.807, 2.05) is 13.1 Å². The number of halogens is 1. The molecule has 0 bridgehead atoms. The molecule has 2 aromatic rings. The highest BCUT2D eigenvalue weighted by molar-refractivity contribution is 9.10. The molecule has 1 unspecified atom stereocenters. The van der Waals surface area contributed by atoms with Crippen molar-refractivity contribution in [1.82, 2.24) is 15.3 Å². The molecule has 0 saturated carbocycles. The lowest BCUT2D eigenvalue weighted by Gasteiger charge is -2.19. The van der Waals surface area contributed by atoms with Gasteiger partial charge in [0.1, 0.15) is 6.33 Å². The first-order valence-corrected chi connectivity index (χ1v) is 7.21. The van der Waals surface area contributed by atoms with E-state index in [-0.39, 0.29) is 6.04 Å². The third kappa shape index (κ3) is 3.55. The summed E-state index contributed by atoms with van der Waals surface area (Å²) in [5.41, 5.74) is 3.48. The number of ether oxygens (including phenoxy) is 1. The van der Waals surface area contributed by atoms with Crippen LogP contribution in [0.1, 0.15) is 22.9 Å². The Kier molecular flexibility index (Phi) is 5.09. The third-order valence-electron chi connectivity index (χ3n) is 3.29. The van der Waals surface area contributed by atoms with Crippen molar-refractivity contribution in [3.8, 4) is 5.88 Å². The number of hydrogen-bond acceptors (Lipinski definition) is 4. The molecule has 5 heteroatoms. The second kappa shape index (κ2) is 6.81. The zero-order valence-corrected chi connectivity index (χ0v) is 13.4. The SMILES string of the molecule is CNC(Cc1cc(OC)ncn1)c1cc(Br)ccc1C. The topological polar surface area (TPSA) is 47.0 Å². The van der Waals surface area contributed by atoms with Gasteiger partial charge in [-0.2, -0.15) is 0 Å². The third-order valence-corrected chi connectivity index (χ3v) is 3.78. The van der Waals surface area contributed by atoms with Crippen LogP contribution in [-0.2, 0) is 6.42 Å². The zero-order valence-electron chi connectivity index (χ0n) is 11.9. The number of methoxy groups -OCH3 is 1. The van der Waals surface area contributed by atoms with Gasteiger partial charge >= 0.3 is 0 Å². The van der Waals surface area contributed by atoms with Crippen LogP contribution in [0, 0.1) is 6.92 Å². The lowest BCUT2D eigenvalue weighted by atomic mass is 9.97. The van der Waals surface area contributed by atoms with Gasteiger partial charge in [0.05, 0.1) is 7.11 Å². The molecule has 106 valence electrons. The van der Waals surface area contributed by atoms with Gasteiger partial charge in [-0.05, 0) is 37.2 Å². The second-order valence-corrected chi connectivity index (χ2v) is 5.51. The van der Waals surface area contributed by atoms with Gasteiger partial charge in [0, 0.05) is 28.7 Å². The van der Waals surface area contributed by atoms with Crippen molar-refractivity contribution in [2.45, 2.75) is 19.4 Å². The largest absolute Gasteiger partial charge is 0.481 e. The number of aryl methyl sites for hydroxylation is 1. The number of likely N-dealkylation sites (N-methyl/N-ethyl adjacent to an activating group) is 1. The smallest absolute Gasteiger partial charge is 0.216 e. The molecule has 1 aromatic carbocycles. The van der Waals surface area contributed by atoms with E-state index < -0.39 is 0 Å². The number of nitrogens with zero attached hydrogens (tertiary/aromatic N) is 2. The molecular formula is C15H18BrN3O. The molecule has 1 heterocycles. The molecule has 0 radical (unpaired) electrons. The van der Waals surface area contributed by atoms with Crippen LogP contribution in [0.5, 0.6) is 5.88 Å². The first-order chi connectivity index (χ1) is 9.63. The molecular weight excluding hydrogens is 318 g/mol. The second-order valence-electron chi connectivity index (χ2n) is 4.60. The molecule has 0 aliphatic carbocycles. The summed E-state index contributed by atoms with van der Waals surface area (Å²) in [4.78, 5) is 8.34. The van der Waals surface area contributed by atoms with Crippen LogP contribution in [0.25, 0.3) is 0 Å².